The molecule has 0 aliphatic heterocycles. The van der Waals surface area contributed by atoms with Gasteiger partial charge in [-0.15, -0.1) is 11.6 Å². The Morgan fingerprint density at radius 3 is 2.67 bits per heavy atom. The number of hydrogen-bond acceptors (Lipinski definition) is 4. The van der Waals surface area contributed by atoms with Crippen LogP contribution in [-0.4, -0.2) is 28.6 Å². The van der Waals surface area contributed by atoms with Crippen molar-refractivity contribution in [2.75, 3.05) is 6.61 Å². The number of aliphatic hydroxyl groups is 1. The molecule has 0 atom stereocenters. The van der Waals surface area contributed by atoms with Gasteiger partial charge in [0, 0.05) is 5.75 Å². The average Bonchev–Trinajstić information content (AvgIpc) is 2.44. The van der Waals surface area contributed by atoms with Crippen LogP contribution in [0.15, 0.2) is 12.3 Å². The van der Waals surface area contributed by atoms with Crippen molar-refractivity contribution >= 4 is 6.29 Å². The van der Waals surface area contributed by atoms with Crippen LogP contribution in [0.3, 0.4) is 0 Å². The zero-order valence-corrected chi connectivity index (χ0v) is 15.5. The second-order valence-electron chi connectivity index (χ2n) is 6.89. The summed E-state index contributed by atoms with van der Waals surface area (Å²) in [6.07, 6.45) is 10.1. The fourth-order valence-electron chi connectivity index (χ4n) is 2.41. The van der Waals surface area contributed by atoms with Crippen LogP contribution in [0.4, 0.5) is 0 Å². The molecule has 24 heavy (non-hydrogen) atoms. The van der Waals surface area contributed by atoms with Crippen LogP contribution < -0.4 is 23.6 Å². The summed E-state index contributed by atoms with van der Waals surface area (Å²) >= 11 is 0. The van der Waals surface area contributed by atoms with Crippen molar-refractivity contribution in [1.82, 2.24) is 4.98 Å². The second kappa shape index (κ2) is 11.7. The summed E-state index contributed by atoms with van der Waals surface area (Å²) in [4.78, 5) is 14.1. The van der Waals surface area contributed by atoms with Gasteiger partial charge in [0.15, 0.2) is 0 Å². The molecule has 5 heteroatoms. The van der Waals surface area contributed by atoms with E-state index in [1.54, 1.807) is 6.20 Å². The molecule has 1 aliphatic rings. The second-order valence-corrected chi connectivity index (χ2v) is 6.89. The first-order valence-electron chi connectivity index (χ1n) is 8.22. The van der Waals surface area contributed by atoms with Gasteiger partial charge < -0.3 is 26.5 Å². The predicted octanol–water partition coefficient (Wildman–Crippen LogP) is 0.334. The summed E-state index contributed by atoms with van der Waals surface area (Å²) in [5.41, 5.74) is 0.525. The van der Waals surface area contributed by atoms with E-state index >= 15 is 0 Å². The maximum absolute atomic E-state index is 10.1. The molecule has 1 heterocycles. The first-order valence-corrected chi connectivity index (χ1v) is 8.22. The number of rotatable bonds is 7. The van der Waals surface area contributed by atoms with Gasteiger partial charge in [-0.1, -0.05) is 26.5 Å². The fraction of sp³-hybridized carbons (Fsp3) is 0.632. The largest absolute Gasteiger partial charge is 1.00 e. The van der Waals surface area contributed by atoms with E-state index in [0.717, 1.165) is 30.6 Å². The van der Waals surface area contributed by atoms with Crippen LogP contribution >= 0.6 is 0 Å². The third-order valence-corrected chi connectivity index (χ3v) is 3.63. The monoisotopic (exact) mass is 325 g/mol. The first-order chi connectivity index (χ1) is 10.8. The Morgan fingerprint density at radius 2 is 2.21 bits per heavy atom. The molecule has 0 bridgehead atoms. The van der Waals surface area contributed by atoms with E-state index in [1.165, 1.54) is 0 Å². The van der Waals surface area contributed by atoms with Crippen LogP contribution in [0.5, 0.6) is 5.75 Å². The Kier molecular flexibility index (Phi) is 11.3. The summed E-state index contributed by atoms with van der Waals surface area (Å²) < 4.78 is 5.56. The van der Waals surface area contributed by atoms with Gasteiger partial charge in [-0.25, -0.2) is 0 Å². The zero-order chi connectivity index (χ0) is 17.3. The maximum Gasteiger partial charge on any atom is 1.00 e. The minimum absolute atomic E-state index is 0. The van der Waals surface area contributed by atoms with Gasteiger partial charge in [0.25, 0.3) is 0 Å². The number of aryl methyl sites for hydroxylation is 1. The van der Waals surface area contributed by atoms with Gasteiger partial charge in [-0.05, 0) is 38.3 Å². The van der Waals surface area contributed by atoms with Crippen molar-refractivity contribution in [2.45, 2.75) is 58.5 Å². The predicted molar refractivity (Wildman–Crippen MR) is 90.7 cm³/mol. The molecule has 1 fully saturated rings. The molecule has 0 spiro atoms. The van der Waals surface area contributed by atoms with Gasteiger partial charge >= 0.3 is 18.9 Å². The van der Waals surface area contributed by atoms with Crippen LogP contribution in [-0.2, 0) is 11.2 Å². The zero-order valence-electron chi connectivity index (χ0n) is 15.5. The van der Waals surface area contributed by atoms with E-state index < -0.39 is 0 Å². The number of carbonyl (C=O) groups excluding carboxylic acids is 1. The van der Waals surface area contributed by atoms with Crippen LogP contribution in [0.25, 0.3) is 0 Å². The van der Waals surface area contributed by atoms with Crippen molar-refractivity contribution in [3.05, 3.63) is 30.9 Å². The number of aromatic nitrogens is 1. The molecular weight excluding hydrogens is 297 g/mol. The molecular formula is C19H28LiNO3-2. The van der Waals surface area contributed by atoms with Gasteiger partial charge in [-0.2, -0.15) is 12.3 Å². The Bertz CT molecular complexity index is 469. The molecule has 130 valence electrons. The number of nitrogens with zero attached hydrogens (tertiary/aromatic N) is 1. The van der Waals surface area contributed by atoms with Gasteiger partial charge in [-0.3, -0.25) is 6.29 Å². The molecule has 1 saturated carbocycles. The van der Waals surface area contributed by atoms with Crippen molar-refractivity contribution in [1.29, 1.82) is 0 Å². The minimum atomic E-state index is -0.369. The summed E-state index contributed by atoms with van der Waals surface area (Å²) in [6, 6.07) is 1.88. The van der Waals surface area contributed by atoms with E-state index in [4.69, 9.17) is 9.84 Å². The van der Waals surface area contributed by atoms with E-state index in [-0.39, 0.29) is 24.5 Å². The van der Waals surface area contributed by atoms with E-state index in [0.29, 0.717) is 31.3 Å². The molecule has 1 aromatic rings. The molecule has 2 rings (SSSR count). The van der Waals surface area contributed by atoms with Crippen LogP contribution in [0.2, 0.25) is 0 Å². The standard InChI is InChI=1S/C13H17NO2.C6H11O.Li/c1-11(2)5-7-16-13-8-12(4-3-6-15)9-14-10-13;1-5-3-6(2,7)4-5;/h8,10-11H,3-5,7H2,1-2H3;5,7H,1,3-4H2,2H3;/q-2;-1;+1. The average molecular weight is 325 g/mol. The molecule has 0 radical (unpaired) electrons. The summed E-state index contributed by atoms with van der Waals surface area (Å²) in [6.45, 7) is 10.6. The molecule has 0 unspecified atom stereocenters. The molecule has 0 saturated heterocycles. The molecule has 0 amide bonds. The van der Waals surface area contributed by atoms with Crippen LogP contribution in [0.1, 0.15) is 52.0 Å². The molecule has 1 N–H and O–H groups in total. The SMILES string of the molecule is CC(C)CCOc1cn[c-]c(CC[C-]=O)c1.[CH2-]C1CC(C)(O)C1.[Li+]. The maximum atomic E-state index is 10.1. The molecule has 1 aromatic heterocycles. The molecule has 1 aliphatic carbocycles. The van der Waals surface area contributed by atoms with Gasteiger partial charge in [0.1, 0.15) is 0 Å². The van der Waals surface area contributed by atoms with Crippen molar-refractivity contribution < 1.29 is 33.5 Å². The number of ether oxygens (including phenoxy) is 1. The Balaban J connectivity index is 0.000000555. The summed E-state index contributed by atoms with van der Waals surface area (Å²) in [7, 11) is 0. The third kappa shape index (κ3) is 10.1. The van der Waals surface area contributed by atoms with Crippen molar-refractivity contribution in [2.24, 2.45) is 11.8 Å². The van der Waals surface area contributed by atoms with Crippen molar-refractivity contribution in [3.8, 4) is 5.75 Å². The Labute approximate surface area is 158 Å². The quantitative estimate of drug-likeness (QED) is 0.580. The summed E-state index contributed by atoms with van der Waals surface area (Å²) in [5.74, 6) is 1.89. The molecule has 4 nitrogen and oxygen atoms in total. The Hall–Kier alpha value is -0.823. The minimum Gasteiger partial charge on any atom is -0.542 e. The smallest absolute Gasteiger partial charge is 0.542 e. The van der Waals surface area contributed by atoms with Gasteiger partial charge in [0.05, 0.1) is 12.2 Å². The topological polar surface area (TPSA) is 59.4 Å². The third-order valence-electron chi connectivity index (χ3n) is 3.63. The fourth-order valence-corrected chi connectivity index (χ4v) is 2.41. The van der Waals surface area contributed by atoms with E-state index in [2.05, 4.69) is 32.0 Å². The van der Waals surface area contributed by atoms with E-state index in [9.17, 15) is 4.79 Å². The normalized spacial score (nSPS) is 21.8. The van der Waals surface area contributed by atoms with Crippen molar-refractivity contribution in [3.63, 3.8) is 0 Å². The van der Waals surface area contributed by atoms with E-state index in [1.807, 2.05) is 19.3 Å². The van der Waals surface area contributed by atoms with Crippen LogP contribution in [0, 0.1) is 25.0 Å². The first kappa shape index (κ1) is 23.2. The molecule has 0 aromatic carbocycles. The number of hydrogen-bond donors (Lipinski definition) is 1. The Morgan fingerprint density at radius 1 is 1.54 bits per heavy atom. The number of pyridine rings is 1. The van der Waals surface area contributed by atoms with Gasteiger partial charge in [0.2, 0.25) is 0 Å². The summed E-state index contributed by atoms with van der Waals surface area (Å²) in [5, 5.41) is 9.04.